The van der Waals surface area contributed by atoms with Gasteiger partial charge in [-0.3, -0.25) is 9.63 Å². The molecule has 0 aliphatic rings. The first-order valence-electron chi connectivity index (χ1n) is 4.52. The van der Waals surface area contributed by atoms with Gasteiger partial charge in [-0.25, -0.2) is 0 Å². The molecule has 0 aromatic heterocycles. The van der Waals surface area contributed by atoms with E-state index in [0.717, 1.165) is 0 Å². The lowest BCUT2D eigenvalue weighted by molar-refractivity contribution is -0.774. The van der Waals surface area contributed by atoms with Crippen LogP contribution in [0, 0.1) is 10.1 Å². The number of carbonyl (C=O) groups is 1. The third-order valence-electron chi connectivity index (χ3n) is 1.69. The zero-order valence-corrected chi connectivity index (χ0v) is 9.44. The second-order valence-corrected chi connectivity index (χ2v) is 3.88. The second-order valence-electron chi connectivity index (χ2n) is 3.88. The van der Waals surface area contributed by atoms with Crippen LogP contribution in [0.3, 0.4) is 0 Å². The fourth-order valence-corrected chi connectivity index (χ4v) is 0.834. The third-order valence-corrected chi connectivity index (χ3v) is 1.69. The molecule has 0 aliphatic carbocycles. The van der Waals surface area contributed by atoms with E-state index < -0.39 is 16.6 Å². The van der Waals surface area contributed by atoms with Gasteiger partial charge < -0.3 is 10.2 Å². The second kappa shape index (κ2) is 5.50. The first-order valence-corrected chi connectivity index (χ1v) is 4.52. The van der Waals surface area contributed by atoms with Gasteiger partial charge in [-0.15, -0.1) is 10.1 Å². The quantitative estimate of drug-likeness (QED) is 0.487. The van der Waals surface area contributed by atoms with E-state index in [-0.39, 0.29) is 0 Å². The maximum atomic E-state index is 11.4. The Bertz CT molecular complexity index is 240. The van der Waals surface area contributed by atoms with Gasteiger partial charge in [0, 0.05) is 13.1 Å². The Morgan fingerprint density at radius 1 is 1.53 bits per heavy atom. The molecule has 0 saturated carbocycles. The van der Waals surface area contributed by atoms with Crippen LogP contribution in [-0.2, 0) is 9.63 Å². The van der Waals surface area contributed by atoms with Crippen molar-refractivity contribution in [3.8, 4) is 0 Å². The summed E-state index contributed by atoms with van der Waals surface area (Å²) < 4.78 is 0. The van der Waals surface area contributed by atoms with Gasteiger partial charge in [-0.2, -0.15) is 0 Å². The molecule has 0 spiro atoms. The van der Waals surface area contributed by atoms with E-state index in [2.05, 4.69) is 10.2 Å². The summed E-state index contributed by atoms with van der Waals surface area (Å²) in [6.07, 6.45) is 0. The predicted octanol–water partition coefficient (Wildman–Crippen LogP) is -0.349. The monoisotopic (exact) mass is 219 g/mol. The molecule has 0 bridgehead atoms. The number of nitrogens with zero attached hydrogens (tertiary/aromatic N) is 2. The van der Waals surface area contributed by atoms with Crippen LogP contribution in [0.4, 0.5) is 0 Å². The fraction of sp³-hybridized carbons (Fsp3) is 0.875. The Labute approximate surface area is 88.5 Å². The van der Waals surface area contributed by atoms with Crippen LogP contribution >= 0.6 is 0 Å². The normalized spacial score (nSPS) is 11.3. The van der Waals surface area contributed by atoms with Gasteiger partial charge in [-0.05, 0) is 27.9 Å². The number of carbonyl (C=O) groups excluding carboxylic acids is 1. The van der Waals surface area contributed by atoms with Crippen molar-refractivity contribution in [2.24, 2.45) is 0 Å². The summed E-state index contributed by atoms with van der Waals surface area (Å²) in [6, 6.07) is 0. The minimum Gasteiger partial charge on any atom is -0.353 e. The molecule has 0 fully saturated rings. The van der Waals surface area contributed by atoms with Gasteiger partial charge in [0.1, 0.15) is 0 Å². The Kier molecular flexibility index (Phi) is 4.99. The topological polar surface area (TPSA) is 84.7 Å². The standard InChI is InChI=1S/C8H17N3O4/c1-8(2,15-11(13)14)7(12)9-5-6-10(3)4/h5-6H2,1-4H3,(H,9,12). The van der Waals surface area contributed by atoms with E-state index in [4.69, 9.17) is 0 Å². The number of hydrogen-bond acceptors (Lipinski definition) is 5. The lowest BCUT2D eigenvalue weighted by Crippen LogP contribution is -2.47. The summed E-state index contributed by atoms with van der Waals surface area (Å²) in [5, 5.41) is 11.7. The molecule has 0 unspecified atom stereocenters. The van der Waals surface area contributed by atoms with E-state index in [1.165, 1.54) is 13.8 Å². The van der Waals surface area contributed by atoms with Crippen LogP contribution in [0.25, 0.3) is 0 Å². The Morgan fingerprint density at radius 2 is 2.07 bits per heavy atom. The van der Waals surface area contributed by atoms with E-state index in [1.54, 1.807) is 0 Å². The van der Waals surface area contributed by atoms with Crippen LogP contribution in [0.15, 0.2) is 0 Å². The molecule has 1 amide bonds. The maximum absolute atomic E-state index is 11.4. The van der Waals surface area contributed by atoms with Crippen LogP contribution < -0.4 is 5.32 Å². The smallest absolute Gasteiger partial charge is 0.295 e. The summed E-state index contributed by atoms with van der Waals surface area (Å²) in [5.41, 5.74) is -1.45. The number of likely N-dealkylation sites (N-methyl/N-ethyl adjacent to an activating group) is 1. The minimum absolute atomic E-state index is 0.427. The average molecular weight is 219 g/mol. The molecule has 7 nitrogen and oxygen atoms in total. The number of rotatable bonds is 6. The summed E-state index contributed by atoms with van der Waals surface area (Å²) in [5.74, 6) is -0.499. The lowest BCUT2D eigenvalue weighted by atomic mass is 10.1. The average Bonchev–Trinajstić information content (AvgIpc) is 2.00. The van der Waals surface area contributed by atoms with Crippen molar-refractivity contribution < 1.29 is 14.7 Å². The molecule has 0 aromatic rings. The largest absolute Gasteiger partial charge is 0.353 e. The first kappa shape index (κ1) is 13.6. The van der Waals surface area contributed by atoms with Crippen LogP contribution in [0.1, 0.15) is 13.8 Å². The number of amides is 1. The van der Waals surface area contributed by atoms with E-state index in [1.807, 2.05) is 19.0 Å². The van der Waals surface area contributed by atoms with Gasteiger partial charge in [0.15, 0.2) is 5.60 Å². The highest BCUT2D eigenvalue weighted by atomic mass is 17.0. The lowest BCUT2D eigenvalue weighted by Gasteiger charge is -2.21. The molecule has 0 atom stereocenters. The Morgan fingerprint density at radius 3 is 2.47 bits per heavy atom. The van der Waals surface area contributed by atoms with Crippen molar-refractivity contribution in [1.29, 1.82) is 0 Å². The molecule has 88 valence electrons. The first-order chi connectivity index (χ1) is 6.75. The van der Waals surface area contributed by atoms with Crippen molar-refractivity contribution in [2.75, 3.05) is 27.2 Å². The van der Waals surface area contributed by atoms with Crippen molar-refractivity contribution in [3.63, 3.8) is 0 Å². The summed E-state index contributed by atoms with van der Waals surface area (Å²) in [4.78, 5) is 27.7. The highest BCUT2D eigenvalue weighted by Crippen LogP contribution is 2.08. The van der Waals surface area contributed by atoms with Crippen molar-refractivity contribution in [1.82, 2.24) is 10.2 Å². The summed E-state index contributed by atoms with van der Waals surface area (Å²) >= 11 is 0. The highest BCUT2D eigenvalue weighted by molar-refractivity contribution is 5.84. The zero-order valence-electron chi connectivity index (χ0n) is 9.44. The van der Waals surface area contributed by atoms with Gasteiger partial charge in [-0.1, -0.05) is 0 Å². The van der Waals surface area contributed by atoms with Gasteiger partial charge in [0.25, 0.3) is 11.0 Å². The third kappa shape index (κ3) is 5.84. The molecule has 15 heavy (non-hydrogen) atoms. The fourth-order valence-electron chi connectivity index (χ4n) is 0.834. The number of hydrogen-bond donors (Lipinski definition) is 1. The molecular weight excluding hydrogens is 202 g/mol. The summed E-state index contributed by atoms with van der Waals surface area (Å²) in [7, 11) is 3.73. The molecule has 0 aliphatic heterocycles. The molecular formula is C8H17N3O4. The molecule has 0 aromatic carbocycles. The van der Waals surface area contributed by atoms with Crippen LogP contribution in [-0.4, -0.2) is 48.7 Å². The van der Waals surface area contributed by atoms with Gasteiger partial charge >= 0.3 is 0 Å². The Balaban J connectivity index is 4.02. The SMILES string of the molecule is CN(C)CCNC(=O)C(C)(C)O[N+](=O)[O-]. The van der Waals surface area contributed by atoms with E-state index >= 15 is 0 Å². The Hall–Kier alpha value is -1.37. The molecule has 0 saturated heterocycles. The molecule has 7 heteroatoms. The van der Waals surface area contributed by atoms with E-state index in [9.17, 15) is 14.9 Å². The molecule has 0 heterocycles. The number of nitrogens with one attached hydrogen (secondary N) is 1. The molecule has 0 radical (unpaired) electrons. The minimum atomic E-state index is -1.45. The van der Waals surface area contributed by atoms with Crippen molar-refractivity contribution in [3.05, 3.63) is 10.1 Å². The maximum Gasteiger partial charge on any atom is 0.295 e. The zero-order chi connectivity index (χ0) is 12.1. The highest BCUT2D eigenvalue weighted by Gasteiger charge is 2.31. The molecule has 1 N–H and O–H groups in total. The predicted molar refractivity (Wildman–Crippen MR) is 53.7 cm³/mol. The van der Waals surface area contributed by atoms with Crippen molar-refractivity contribution >= 4 is 5.91 Å². The van der Waals surface area contributed by atoms with E-state index in [0.29, 0.717) is 13.1 Å². The van der Waals surface area contributed by atoms with Crippen LogP contribution in [0.2, 0.25) is 0 Å². The molecule has 0 rings (SSSR count). The van der Waals surface area contributed by atoms with Gasteiger partial charge in [0.05, 0.1) is 0 Å². The van der Waals surface area contributed by atoms with Crippen molar-refractivity contribution in [2.45, 2.75) is 19.4 Å². The van der Waals surface area contributed by atoms with Gasteiger partial charge in [0.2, 0.25) is 0 Å². The summed E-state index contributed by atoms with van der Waals surface area (Å²) in [6.45, 7) is 3.79. The van der Waals surface area contributed by atoms with Crippen LogP contribution in [0.5, 0.6) is 0 Å².